The summed E-state index contributed by atoms with van der Waals surface area (Å²) in [5, 5.41) is 8.19. The fraction of sp³-hybridized carbons (Fsp3) is 0.381. The van der Waals surface area contributed by atoms with Gasteiger partial charge >= 0.3 is 0 Å². The maximum Gasteiger partial charge on any atom is 0.252 e. The Kier molecular flexibility index (Phi) is 5.56. The van der Waals surface area contributed by atoms with Crippen LogP contribution in [0.3, 0.4) is 0 Å². The molecule has 0 fully saturated rings. The Morgan fingerprint density at radius 3 is 2.67 bits per heavy atom. The van der Waals surface area contributed by atoms with Gasteiger partial charge in [-0.05, 0) is 45.7 Å². The number of hydrogen-bond acceptors (Lipinski definition) is 4. The zero-order valence-corrected chi connectivity index (χ0v) is 16.4. The number of amides is 1. The molecule has 0 aliphatic rings. The quantitative estimate of drug-likeness (QED) is 0.700. The molecule has 0 aliphatic carbocycles. The van der Waals surface area contributed by atoms with E-state index in [4.69, 9.17) is 10.7 Å². The zero-order valence-electron chi connectivity index (χ0n) is 16.4. The van der Waals surface area contributed by atoms with Crippen molar-refractivity contribution in [3.05, 3.63) is 47.7 Å². The Balaban J connectivity index is 2.11. The molecule has 3 rings (SSSR count). The van der Waals surface area contributed by atoms with E-state index >= 15 is 0 Å². The van der Waals surface area contributed by atoms with Gasteiger partial charge in [0, 0.05) is 24.2 Å². The van der Waals surface area contributed by atoms with Crippen LogP contribution in [0.5, 0.6) is 0 Å². The first-order chi connectivity index (χ1) is 12.9. The minimum Gasteiger partial charge on any atom is -0.352 e. The number of carbonyl (C=O) groups is 1. The molecular formula is C21H27N5O. The SMILES string of the molecule is Cc1ccccc1-c1cc(C(=O)NCCC(C)N)c2cnn(C(C)C)c2n1. The average molecular weight is 365 g/mol. The first kappa shape index (κ1) is 19.0. The van der Waals surface area contributed by atoms with Gasteiger partial charge in [0.15, 0.2) is 5.65 Å². The minimum absolute atomic E-state index is 0.0500. The maximum absolute atomic E-state index is 12.9. The molecule has 0 radical (unpaired) electrons. The zero-order chi connectivity index (χ0) is 19.6. The van der Waals surface area contributed by atoms with Gasteiger partial charge in [0.05, 0.1) is 22.8 Å². The van der Waals surface area contributed by atoms with Crippen molar-refractivity contribution >= 4 is 16.9 Å². The minimum atomic E-state index is -0.124. The van der Waals surface area contributed by atoms with E-state index in [1.165, 1.54) is 0 Å². The van der Waals surface area contributed by atoms with E-state index in [1.807, 2.05) is 48.9 Å². The van der Waals surface area contributed by atoms with E-state index in [0.29, 0.717) is 12.1 Å². The largest absolute Gasteiger partial charge is 0.352 e. The fourth-order valence-corrected chi connectivity index (χ4v) is 3.09. The smallest absolute Gasteiger partial charge is 0.252 e. The predicted molar refractivity (Wildman–Crippen MR) is 109 cm³/mol. The maximum atomic E-state index is 12.9. The standard InChI is InChI=1S/C21H27N5O/c1-13(2)26-20-18(12-24-26)17(21(27)23-10-9-15(4)22)11-19(25-20)16-8-6-5-7-14(16)3/h5-8,11-13,15H,9-10,22H2,1-4H3,(H,23,27). The summed E-state index contributed by atoms with van der Waals surface area (Å²) in [6.07, 6.45) is 2.46. The normalized spacial score (nSPS) is 12.5. The van der Waals surface area contributed by atoms with Gasteiger partial charge in [-0.3, -0.25) is 4.79 Å². The topological polar surface area (TPSA) is 85.8 Å². The number of nitrogens with zero attached hydrogens (tertiary/aromatic N) is 3. The molecular weight excluding hydrogens is 338 g/mol. The Morgan fingerprint density at radius 1 is 1.26 bits per heavy atom. The Bertz CT molecular complexity index is 958. The molecule has 27 heavy (non-hydrogen) atoms. The lowest BCUT2D eigenvalue weighted by Crippen LogP contribution is -2.29. The molecule has 3 N–H and O–H groups in total. The summed E-state index contributed by atoms with van der Waals surface area (Å²) in [6, 6.07) is 10.1. The first-order valence-corrected chi connectivity index (χ1v) is 9.36. The highest BCUT2D eigenvalue weighted by atomic mass is 16.1. The van der Waals surface area contributed by atoms with Crippen LogP contribution in [0, 0.1) is 6.92 Å². The van der Waals surface area contributed by atoms with E-state index in [1.54, 1.807) is 6.20 Å². The molecule has 2 heterocycles. The van der Waals surface area contributed by atoms with Gasteiger partial charge in [0.25, 0.3) is 5.91 Å². The molecule has 0 saturated carbocycles. The summed E-state index contributed by atoms with van der Waals surface area (Å²) in [4.78, 5) is 17.7. The summed E-state index contributed by atoms with van der Waals surface area (Å²) >= 11 is 0. The second-order valence-corrected chi connectivity index (χ2v) is 7.31. The van der Waals surface area contributed by atoms with Crippen molar-refractivity contribution in [2.24, 2.45) is 5.73 Å². The molecule has 6 heteroatoms. The number of rotatable bonds is 6. The van der Waals surface area contributed by atoms with Crippen LogP contribution in [0.2, 0.25) is 0 Å². The number of hydrogen-bond donors (Lipinski definition) is 2. The molecule has 1 unspecified atom stereocenters. The van der Waals surface area contributed by atoms with Gasteiger partial charge < -0.3 is 11.1 Å². The van der Waals surface area contributed by atoms with Crippen LogP contribution in [-0.2, 0) is 0 Å². The lowest BCUT2D eigenvalue weighted by atomic mass is 10.0. The average Bonchev–Trinajstić information content (AvgIpc) is 3.05. The van der Waals surface area contributed by atoms with Crippen molar-refractivity contribution in [1.29, 1.82) is 0 Å². The molecule has 3 aromatic rings. The van der Waals surface area contributed by atoms with Crippen LogP contribution < -0.4 is 11.1 Å². The van der Waals surface area contributed by atoms with E-state index in [0.717, 1.165) is 34.3 Å². The van der Waals surface area contributed by atoms with Crippen molar-refractivity contribution in [3.63, 3.8) is 0 Å². The van der Waals surface area contributed by atoms with Crippen molar-refractivity contribution in [2.75, 3.05) is 6.54 Å². The van der Waals surface area contributed by atoms with Gasteiger partial charge in [-0.25, -0.2) is 9.67 Å². The van der Waals surface area contributed by atoms with Crippen molar-refractivity contribution < 1.29 is 4.79 Å². The van der Waals surface area contributed by atoms with Gasteiger partial charge in [-0.2, -0.15) is 5.10 Å². The molecule has 1 aromatic carbocycles. The molecule has 2 aromatic heterocycles. The Labute approximate surface area is 159 Å². The highest BCUT2D eigenvalue weighted by molar-refractivity contribution is 6.06. The number of aromatic nitrogens is 3. The molecule has 6 nitrogen and oxygen atoms in total. The monoisotopic (exact) mass is 365 g/mol. The lowest BCUT2D eigenvalue weighted by molar-refractivity contribution is 0.0954. The lowest BCUT2D eigenvalue weighted by Gasteiger charge is -2.12. The van der Waals surface area contributed by atoms with Crippen LogP contribution in [0.25, 0.3) is 22.3 Å². The highest BCUT2D eigenvalue weighted by Gasteiger charge is 2.19. The van der Waals surface area contributed by atoms with Gasteiger partial charge in [0.2, 0.25) is 0 Å². The van der Waals surface area contributed by atoms with E-state index in [2.05, 4.69) is 24.3 Å². The van der Waals surface area contributed by atoms with Crippen molar-refractivity contribution in [2.45, 2.75) is 46.2 Å². The molecule has 0 bridgehead atoms. The first-order valence-electron chi connectivity index (χ1n) is 9.36. The summed E-state index contributed by atoms with van der Waals surface area (Å²) in [7, 11) is 0. The van der Waals surface area contributed by atoms with Crippen molar-refractivity contribution in [3.8, 4) is 11.3 Å². The third-order valence-electron chi connectivity index (χ3n) is 4.61. The van der Waals surface area contributed by atoms with E-state index in [-0.39, 0.29) is 18.0 Å². The van der Waals surface area contributed by atoms with Crippen LogP contribution in [0.15, 0.2) is 36.5 Å². The fourth-order valence-electron chi connectivity index (χ4n) is 3.09. The molecule has 1 atom stereocenters. The molecule has 0 spiro atoms. The summed E-state index contributed by atoms with van der Waals surface area (Å²) in [5.41, 5.74) is 10.0. The number of fused-ring (bicyclic) bond motifs is 1. The molecule has 0 aliphatic heterocycles. The van der Waals surface area contributed by atoms with Gasteiger partial charge in [-0.1, -0.05) is 24.3 Å². The van der Waals surface area contributed by atoms with Crippen LogP contribution in [0.4, 0.5) is 0 Å². The summed E-state index contributed by atoms with van der Waals surface area (Å²) in [5.74, 6) is -0.124. The number of nitrogens with two attached hydrogens (primary N) is 1. The number of benzene rings is 1. The number of nitrogens with one attached hydrogen (secondary N) is 1. The van der Waals surface area contributed by atoms with Crippen LogP contribution >= 0.6 is 0 Å². The number of aryl methyl sites for hydroxylation is 1. The van der Waals surface area contributed by atoms with Crippen LogP contribution in [0.1, 0.15) is 49.2 Å². The number of carbonyl (C=O) groups excluding carboxylic acids is 1. The van der Waals surface area contributed by atoms with Crippen molar-refractivity contribution in [1.82, 2.24) is 20.1 Å². The van der Waals surface area contributed by atoms with E-state index < -0.39 is 0 Å². The van der Waals surface area contributed by atoms with Crippen LogP contribution in [-0.4, -0.2) is 33.3 Å². The molecule has 142 valence electrons. The van der Waals surface area contributed by atoms with Gasteiger partial charge in [-0.15, -0.1) is 0 Å². The predicted octanol–water partition coefficient (Wildman–Crippen LogP) is 3.45. The number of pyridine rings is 1. The summed E-state index contributed by atoms with van der Waals surface area (Å²) in [6.45, 7) is 8.62. The third kappa shape index (κ3) is 4.01. The van der Waals surface area contributed by atoms with Gasteiger partial charge in [0.1, 0.15) is 0 Å². The molecule has 0 saturated heterocycles. The molecule has 1 amide bonds. The summed E-state index contributed by atoms with van der Waals surface area (Å²) < 4.78 is 1.86. The van der Waals surface area contributed by atoms with E-state index in [9.17, 15) is 4.79 Å². The Morgan fingerprint density at radius 2 is 2.00 bits per heavy atom. The second-order valence-electron chi connectivity index (χ2n) is 7.31. The second kappa shape index (κ2) is 7.88. The third-order valence-corrected chi connectivity index (χ3v) is 4.61. The highest BCUT2D eigenvalue weighted by Crippen LogP contribution is 2.28. The Hall–Kier alpha value is -2.73.